The van der Waals surface area contributed by atoms with Crippen LogP contribution in [0.3, 0.4) is 0 Å². The zero-order chi connectivity index (χ0) is 22.9. The van der Waals surface area contributed by atoms with Crippen LogP contribution in [0.4, 0.5) is 0 Å². The first-order valence-corrected chi connectivity index (χ1v) is 11.1. The fourth-order valence-electron chi connectivity index (χ4n) is 3.92. The molecule has 4 aromatic heterocycles. The quantitative estimate of drug-likeness (QED) is 0.409. The molecule has 5 heterocycles. The van der Waals surface area contributed by atoms with Gasteiger partial charge in [0.05, 0.1) is 29.7 Å². The number of hydrogen-bond acceptors (Lipinski definition) is 8. The molecule has 12 heteroatoms. The molecule has 1 atom stereocenters. The van der Waals surface area contributed by atoms with Gasteiger partial charge in [-0.3, -0.25) is 4.79 Å². The third-order valence-electron chi connectivity index (χ3n) is 5.42. The Kier molecular flexibility index (Phi) is 6.07. The number of likely N-dealkylation sites (N-methyl/N-ethyl adjacent to an activating group) is 1. The first-order chi connectivity index (χ1) is 16.0. The van der Waals surface area contributed by atoms with Gasteiger partial charge in [0.15, 0.2) is 16.6 Å². The normalized spacial score (nSPS) is 17.0. The van der Waals surface area contributed by atoms with Gasteiger partial charge in [-0.15, -0.1) is 4.80 Å². The second kappa shape index (κ2) is 9.14. The summed E-state index contributed by atoms with van der Waals surface area (Å²) < 4.78 is 7.71. The second-order valence-electron chi connectivity index (χ2n) is 7.89. The number of ketones is 1. The van der Waals surface area contributed by atoms with Crippen molar-refractivity contribution >= 4 is 34.6 Å². The van der Waals surface area contributed by atoms with E-state index in [0.717, 1.165) is 17.8 Å². The Hall–Kier alpha value is -2.92. The second-order valence-corrected chi connectivity index (χ2v) is 8.68. The van der Waals surface area contributed by atoms with Gasteiger partial charge in [0.1, 0.15) is 11.9 Å². The van der Waals surface area contributed by atoms with Crippen LogP contribution in [0, 0.1) is 0 Å². The third-order valence-corrected chi connectivity index (χ3v) is 5.88. The number of carbonyl (C=O) groups is 1. The topological polar surface area (TPSA) is 103 Å². The molecule has 1 fully saturated rings. The summed E-state index contributed by atoms with van der Waals surface area (Å²) >= 11 is 12.5. The molecular weight excluding hydrogens is 467 g/mol. The summed E-state index contributed by atoms with van der Waals surface area (Å²) in [6, 6.07) is 3.40. The lowest BCUT2D eigenvalue weighted by Gasteiger charge is -2.31. The van der Waals surface area contributed by atoms with E-state index < -0.39 is 0 Å². The molecule has 0 radical (unpaired) electrons. The van der Waals surface area contributed by atoms with E-state index in [1.807, 2.05) is 7.05 Å². The van der Waals surface area contributed by atoms with Crippen LogP contribution in [0.5, 0.6) is 0 Å². The predicted molar refractivity (Wildman–Crippen MR) is 121 cm³/mol. The van der Waals surface area contributed by atoms with Crippen LogP contribution in [0.15, 0.2) is 36.9 Å². The van der Waals surface area contributed by atoms with E-state index in [2.05, 4.69) is 30.2 Å². The average molecular weight is 487 g/mol. The maximum Gasteiger partial charge on any atom is 0.193 e. The molecule has 4 aromatic rings. The van der Waals surface area contributed by atoms with Gasteiger partial charge in [0.2, 0.25) is 0 Å². The van der Waals surface area contributed by atoms with Crippen molar-refractivity contribution in [2.45, 2.75) is 18.9 Å². The van der Waals surface area contributed by atoms with Crippen molar-refractivity contribution in [2.24, 2.45) is 0 Å². The van der Waals surface area contributed by atoms with E-state index >= 15 is 0 Å². The minimum Gasteiger partial charge on any atom is -0.369 e. The van der Waals surface area contributed by atoms with Crippen LogP contribution in [0.1, 0.15) is 22.9 Å². The molecule has 10 nitrogen and oxygen atoms in total. The molecule has 33 heavy (non-hydrogen) atoms. The molecule has 0 spiro atoms. The van der Waals surface area contributed by atoms with Crippen LogP contribution in [-0.4, -0.2) is 72.0 Å². The van der Waals surface area contributed by atoms with Crippen LogP contribution in [0.25, 0.3) is 11.5 Å². The number of ether oxygens (including phenoxy) is 1. The van der Waals surface area contributed by atoms with Crippen molar-refractivity contribution < 1.29 is 9.53 Å². The monoisotopic (exact) mass is 486 g/mol. The Balaban J connectivity index is 1.40. The Morgan fingerprint density at radius 2 is 1.97 bits per heavy atom. The lowest BCUT2D eigenvalue weighted by molar-refractivity contribution is -0.117. The van der Waals surface area contributed by atoms with Crippen molar-refractivity contribution in [3.63, 3.8) is 0 Å². The highest BCUT2D eigenvalue weighted by molar-refractivity contribution is 6.32. The van der Waals surface area contributed by atoms with Gasteiger partial charge in [-0.25, -0.2) is 14.5 Å². The largest absolute Gasteiger partial charge is 0.369 e. The Morgan fingerprint density at radius 3 is 2.73 bits per heavy atom. The van der Waals surface area contributed by atoms with Crippen LogP contribution in [-0.2, 0) is 22.4 Å². The lowest BCUT2D eigenvalue weighted by atomic mass is 10.0. The number of nitrogens with zero attached hydrogens (tertiary/aromatic N) is 8. The van der Waals surface area contributed by atoms with Crippen LogP contribution < -0.4 is 0 Å². The SMILES string of the molecule is CN1CCOC(c2c(CC(=O)Cc3cnc(-n4nccn4)c(Cl)c3)cnc3cc(Cl)nn23)C1. The van der Waals surface area contributed by atoms with Gasteiger partial charge in [-0.2, -0.15) is 15.3 Å². The van der Waals surface area contributed by atoms with Crippen LogP contribution in [0.2, 0.25) is 10.2 Å². The van der Waals surface area contributed by atoms with Gasteiger partial charge in [-0.1, -0.05) is 23.2 Å². The van der Waals surface area contributed by atoms with Gasteiger partial charge in [0, 0.05) is 50.0 Å². The van der Waals surface area contributed by atoms with E-state index in [1.165, 1.54) is 4.80 Å². The number of Topliss-reactive ketones (excluding diaryl/α,β-unsaturated/α-hetero) is 1. The first-order valence-electron chi connectivity index (χ1n) is 10.3. The summed E-state index contributed by atoms with van der Waals surface area (Å²) in [5.74, 6) is 0.395. The van der Waals surface area contributed by atoms with Gasteiger partial charge < -0.3 is 9.64 Å². The molecule has 1 saturated heterocycles. The molecular formula is C21H20Cl2N8O2. The fraction of sp³-hybridized carbons (Fsp3) is 0.333. The summed E-state index contributed by atoms with van der Waals surface area (Å²) in [6.45, 7) is 2.12. The number of halogens is 2. The number of hydrogen-bond donors (Lipinski definition) is 0. The molecule has 0 N–H and O–H groups in total. The summed E-state index contributed by atoms with van der Waals surface area (Å²) in [5.41, 5.74) is 2.86. The molecule has 5 rings (SSSR count). The van der Waals surface area contributed by atoms with Crippen molar-refractivity contribution in [1.29, 1.82) is 0 Å². The maximum atomic E-state index is 13.0. The number of carbonyl (C=O) groups excluding carboxylic acids is 1. The number of fused-ring (bicyclic) bond motifs is 1. The molecule has 0 aromatic carbocycles. The standard InChI is InChI=1S/C21H20Cl2N8O2/c1-29-4-5-33-17(12-29)20-14(11-24-19-9-18(23)28-30(19)20)8-15(32)6-13-7-16(22)21(25-10-13)31-26-2-3-27-31/h2-3,7,9-11,17H,4-6,8,12H2,1H3. The van der Waals surface area contributed by atoms with Crippen molar-refractivity contribution in [2.75, 3.05) is 26.7 Å². The number of morpholine rings is 1. The zero-order valence-electron chi connectivity index (χ0n) is 17.7. The summed E-state index contributed by atoms with van der Waals surface area (Å²) in [6.07, 6.45) is 6.48. The van der Waals surface area contributed by atoms with Gasteiger partial charge in [-0.05, 0) is 18.7 Å². The molecule has 0 amide bonds. The maximum absolute atomic E-state index is 13.0. The van der Waals surface area contributed by atoms with Gasteiger partial charge in [0.25, 0.3) is 0 Å². The molecule has 170 valence electrons. The lowest BCUT2D eigenvalue weighted by Crippen LogP contribution is -2.36. The van der Waals surface area contributed by atoms with E-state index in [0.29, 0.717) is 40.4 Å². The van der Waals surface area contributed by atoms with Crippen molar-refractivity contribution in [3.05, 3.63) is 63.9 Å². The highest BCUT2D eigenvalue weighted by Crippen LogP contribution is 2.27. The van der Waals surface area contributed by atoms with Crippen LogP contribution >= 0.6 is 23.2 Å². The Labute approximate surface area is 199 Å². The van der Waals surface area contributed by atoms with E-state index in [9.17, 15) is 4.79 Å². The fourth-order valence-corrected chi connectivity index (χ4v) is 4.36. The third kappa shape index (κ3) is 4.60. The average Bonchev–Trinajstić information content (AvgIpc) is 3.43. The smallest absolute Gasteiger partial charge is 0.193 e. The molecule has 1 aliphatic rings. The molecule has 0 saturated carbocycles. The highest BCUT2D eigenvalue weighted by Gasteiger charge is 2.27. The number of rotatable bonds is 6. The minimum atomic E-state index is -0.245. The molecule has 1 aliphatic heterocycles. The zero-order valence-corrected chi connectivity index (χ0v) is 19.2. The predicted octanol–water partition coefficient (Wildman–Crippen LogP) is 2.37. The summed E-state index contributed by atoms with van der Waals surface area (Å²) in [4.78, 5) is 25.3. The van der Waals surface area contributed by atoms with E-state index in [4.69, 9.17) is 27.9 Å². The molecule has 0 bridgehead atoms. The summed E-state index contributed by atoms with van der Waals surface area (Å²) in [5, 5.41) is 13.1. The van der Waals surface area contributed by atoms with E-state index in [-0.39, 0.29) is 24.7 Å². The number of pyridine rings is 1. The minimum absolute atomic E-state index is 0.0114. The summed E-state index contributed by atoms with van der Waals surface area (Å²) in [7, 11) is 2.04. The van der Waals surface area contributed by atoms with Crippen molar-refractivity contribution in [3.8, 4) is 5.82 Å². The van der Waals surface area contributed by atoms with Gasteiger partial charge >= 0.3 is 0 Å². The highest BCUT2D eigenvalue weighted by atomic mass is 35.5. The molecule has 0 aliphatic carbocycles. The van der Waals surface area contributed by atoms with Crippen molar-refractivity contribution in [1.82, 2.24) is 39.5 Å². The van der Waals surface area contributed by atoms with E-state index in [1.54, 1.807) is 41.4 Å². The number of aromatic nitrogens is 7. The Bertz CT molecular complexity index is 1310. The Morgan fingerprint density at radius 1 is 1.15 bits per heavy atom. The first kappa shape index (κ1) is 21.9. The molecule has 1 unspecified atom stereocenters.